The first-order chi connectivity index (χ1) is 12.6. The number of rotatable bonds is 7. The molecule has 1 atom stereocenters. The molecular weight excluding hydrogens is 338 g/mol. The zero-order chi connectivity index (χ0) is 18.5. The smallest absolute Gasteiger partial charge is 0.160 e. The predicted octanol–water partition coefficient (Wildman–Crippen LogP) is 4.68. The molecule has 3 rings (SSSR count). The lowest BCUT2D eigenvalue weighted by atomic mass is 10.2. The van der Waals surface area contributed by atoms with Crippen molar-refractivity contribution in [2.24, 2.45) is 0 Å². The Morgan fingerprint density at radius 1 is 1.19 bits per heavy atom. The second-order valence-corrected chi connectivity index (χ2v) is 5.88. The summed E-state index contributed by atoms with van der Waals surface area (Å²) in [5.41, 5.74) is 1.84. The summed E-state index contributed by atoms with van der Waals surface area (Å²) in [6.07, 6.45) is 4.85. The average molecular weight is 358 g/mol. The van der Waals surface area contributed by atoms with Crippen LogP contribution in [0.25, 0.3) is 17.0 Å². The van der Waals surface area contributed by atoms with E-state index in [0.717, 1.165) is 29.9 Å². The van der Waals surface area contributed by atoms with Crippen LogP contribution in [0.2, 0.25) is 0 Å². The minimum atomic E-state index is -0.988. The maximum absolute atomic E-state index is 13.4. The first-order valence-electron chi connectivity index (χ1n) is 8.38. The van der Waals surface area contributed by atoms with E-state index in [9.17, 15) is 13.9 Å². The number of nitrogens with one attached hydrogen (secondary N) is 2. The molecule has 3 aromatic rings. The molecule has 0 saturated carbocycles. The van der Waals surface area contributed by atoms with Gasteiger partial charge >= 0.3 is 0 Å². The van der Waals surface area contributed by atoms with Crippen molar-refractivity contribution in [1.29, 1.82) is 0 Å². The molecule has 3 N–H and O–H groups in total. The van der Waals surface area contributed by atoms with Crippen LogP contribution in [0.3, 0.4) is 0 Å². The molecule has 1 heterocycles. The third kappa shape index (κ3) is 4.21. The number of ether oxygens (including phenoxy) is 1. The minimum absolute atomic E-state index is 0.449. The van der Waals surface area contributed by atoms with Crippen molar-refractivity contribution < 1.29 is 18.6 Å². The molecule has 0 saturated heterocycles. The zero-order valence-electron chi connectivity index (χ0n) is 14.3. The highest BCUT2D eigenvalue weighted by molar-refractivity contribution is 5.92. The van der Waals surface area contributed by atoms with Gasteiger partial charge in [-0.05, 0) is 36.3 Å². The van der Waals surface area contributed by atoms with Gasteiger partial charge in [0.2, 0.25) is 0 Å². The number of halogens is 2. The Hall–Kier alpha value is -2.86. The monoisotopic (exact) mass is 358 g/mol. The van der Waals surface area contributed by atoms with Gasteiger partial charge in [0.05, 0.1) is 17.8 Å². The summed E-state index contributed by atoms with van der Waals surface area (Å²) < 4.78 is 32.2. The van der Waals surface area contributed by atoms with Crippen molar-refractivity contribution in [3.8, 4) is 5.75 Å². The summed E-state index contributed by atoms with van der Waals surface area (Å²) in [7, 11) is 0. The summed E-state index contributed by atoms with van der Waals surface area (Å²) in [4.78, 5) is 2.84. The van der Waals surface area contributed by atoms with Crippen LogP contribution in [0.1, 0.15) is 18.9 Å². The van der Waals surface area contributed by atoms with Crippen LogP contribution in [0, 0.1) is 11.6 Å². The van der Waals surface area contributed by atoms with E-state index in [1.807, 2.05) is 31.2 Å². The molecule has 26 heavy (non-hydrogen) atoms. The van der Waals surface area contributed by atoms with Crippen LogP contribution in [-0.2, 0) is 0 Å². The molecule has 0 radical (unpaired) electrons. The van der Waals surface area contributed by atoms with Crippen molar-refractivity contribution in [3.63, 3.8) is 0 Å². The van der Waals surface area contributed by atoms with Crippen molar-refractivity contribution in [1.82, 2.24) is 4.98 Å². The fourth-order valence-corrected chi connectivity index (χ4v) is 2.54. The van der Waals surface area contributed by atoms with E-state index in [1.54, 1.807) is 18.3 Å². The van der Waals surface area contributed by atoms with Gasteiger partial charge in [0.25, 0.3) is 0 Å². The van der Waals surface area contributed by atoms with E-state index in [0.29, 0.717) is 23.2 Å². The molecule has 136 valence electrons. The highest BCUT2D eigenvalue weighted by atomic mass is 19.2. The van der Waals surface area contributed by atoms with Gasteiger partial charge in [-0.2, -0.15) is 0 Å². The molecule has 0 aliphatic rings. The highest BCUT2D eigenvalue weighted by Gasteiger charge is 2.10. The molecule has 1 unspecified atom stereocenters. The normalized spacial score (nSPS) is 12.6. The number of aliphatic hydroxyl groups excluding tert-OH is 1. The fraction of sp³-hybridized carbons (Fsp3) is 0.200. The Bertz CT molecular complexity index is 904. The molecule has 6 heteroatoms. The summed E-state index contributed by atoms with van der Waals surface area (Å²) >= 11 is 0. The molecule has 1 aromatic heterocycles. The standard InChI is InChI=1S/C20H20F2N2O2/c1-2-9-26-14-6-3-13(4-7-14)5-8-20(25)24-19-12-23-18-11-17(22)16(21)10-15(18)19/h3-8,10-12,20,23-25H,2,9H2,1H3/b8-5+. The van der Waals surface area contributed by atoms with Gasteiger partial charge in [0.1, 0.15) is 12.0 Å². The number of hydrogen-bond acceptors (Lipinski definition) is 3. The van der Waals surface area contributed by atoms with Gasteiger partial charge < -0.3 is 20.1 Å². The van der Waals surface area contributed by atoms with E-state index in [4.69, 9.17) is 4.74 Å². The van der Waals surface area contributed by atoms with E-state index in [-0.39, 0.29) is 0 Å². The molecule has 0 spiro atoms. The van der Waals surface area contributed by atoms with Crippen molar-refractivity contribution in [2.45, 2.75) is 19.6 Å². The lowest BCUT2D eigenvalue weighted by molar-refractivity contribution is 0.253. The van der Waals surface area contributed by atoms with E-state index < -0.39 is 17.9 Å². The summed E-state index contributed by atoms with van der Waals surface area (Å²) in [6.45, 7) is 2.72. The molecule has 4 nitrogen and oxygen atoms in total. The van der Waals surface area contributed by atoms with Crippen LogP contribution in [-0.4, -0.2) is 22.9 Å². The largest absolute Gasteiger partial charge is 0.494 e. The third-order valence-corrected chi connectivity index (χ3v) is 3.85. The Labute approximate surface area is 150 Å². The number of aromatic amines is 1. The van der Waals surface area contributed by atoms with Crippen LogP contribution in [0.15, 0.2) is 48.7 Å². The van der Waals surface area contributed by atoms with E-state index >= 15 is 0 Å². The summed E-state index contributed by atoms with van der Waals surface area (Å²) in [5.74, 6) is -1.05. The van der Waals surface area contributed by atoms with Gasteiger partial charge in [-0.15, -0.1) is 0 Å². The first-order valence-corrected chi connectivity index (χ1v) is 8.38. The lowest BCUT2D eigenvalue weighted by Gasteiger charge is -2.09. The first kappa shape index (κ1) is 17.9. The van der Waals surface area contributed by atoms with Crippen molar-refractivity contribution in [2.75, 3.05) is 11.9 Å². The molecule has 0 aliphatic heterocycles. The van der Waals surface area contributed by atoms with Gasteiger partial charge in [0.15, 0.2) is 11.6 Å². The number of fused-ring (bicyclic) bond motifs is 1. The van der Waals surface area contributed by atoms with Crippen LogP contribution >= 0.6 is 0 Å². The number of hydrogen-bond donors (Lipinski definition) is 3. The predicted molar refractivity (Wildman–Crippen MR) is 99.1 cm³/mol. The number of aliphatic hydroxyl groups is 1. The van der Waals surface area contributed by atoms with Crippen LogP contribution in [0.5, 0.6) is 5.75 Å². The Balaban J connectivity index is 1.66. The van der Waals surface area contributed by atoms with Gasteiger partial charge in [-0.3, -0.25) is 0 Å². The van der Waals surface area contributed by atoms with Gasteiger partial charge in [-0.1, -0.05) is 25.1 Å². The topological polar surface area (TPSA) is 57.3 Å². The Morgan fingerprint density at radius 2 is 1.92 bits per heavy atom. The van der Waals surface area contributed by atoms with Crippen LogP contribution < -0.4 is 10.1 Å². The van der Waals surface area contributed by atoms with Crippen molar-refractivity contribution in [3.05, 3.63) is 65.9 Å². The number of aromatic nitrogens is 1. The van der Waals surface area contributed by atoms with E-state index in [1.165, 1.54) is 0 Å². The number of anilines is 1. The molecule has 0 bridgehead atoms. The SMILES string of the molecule is CCCOc1ccc(/C=C/C(O)Nc2c[nH]c3cc(F)c(F)cc23)cc1. The molecule has 2 aromatic carbocycles. The van der Waals surface area contributed by atoms with E-state index in [2.05, 4.69) is 10.3 Å². The zero-order valence-corrected chi connectivity index (χ0v) is 14.3. The maximum atomic E-state index is 13.4. The molecular formula is C20H20F2N2O2. The lowest BCUT2D eigenvalue weighted by Crippen LogP contribution is -2.14. The van der Waals surface area contributed by atoms with Gasteiger partial charge in [-0.25, -0.2) is 8.78 Å². The molecule has 0 fully saturated rings. The third-order valence-electron chi connectivity index (χ3n) is 3.85. The molecule has 0 aliphatic carbocycles. The Morgan fingerprint density at radius 3 is 2.65 bits per heavy atom. The molecule has 0 amide bonds. The summed E-state index contributed by atoms with van der Waals surface area (Å²) in [6, 6.07) is 9.68. The average Bonchev–Trinajstić information content (AvgIpc) is 3.01. The van der Waals surface area contributed by atoms with Gasteiger partial charge in [0, 0.05) is 17.6 Å². The minimum Gasteiger partial charge on any atom is -0.494 e. The van der Waals surface area contributed by atoms with Crippen LogP contribution in [0.4, 0.5) is 14.5 Å². The fourth-order valence-electron chi connectivity index (χ4n) is 2.54. The van der Waals surface area contributed by atoms with Crippen molar-refractivity contribution >= 4 is 22.7 Å². The summed E-state index contributed by atoms with van der Waals surface area (Å²) in [5, 5.41) is 13.4. The number of H-pyrrole nitrogens is 1. The second kappa shape index (κ2) is 8.01. The maximum Gasteiger partial charge on any atom is 0.160 e. The number of benzene rings is 2. The second-order valence-electron chi connectivity index (χ2n) is 5.88. The highest BCUT2D eigenvalue weighted by Crippen LogP contribution is 2.26. The Kier molecular flexibility index (Phi) is 5.53. The quantitative estimate of drug-likeness (QED) is 0.538.